The smallest absolute Gasteiger partial charge is 0.250 e. The first-order valence-electron chi connectivity index (χ1n) is 6.93. The van der Waals surface area contributed by atoms with Gasteiger partial charge in [0.2, 0.25) is 15.9 Å². The Morgan fingerprint density at radius 3 is 2.48 bits per heavy atom. The maximum atomic E-state index is 12.1. The molecular formula is C15H17ClN2O3S2. The van der Waals surface area contributed by atoms with Gasteiger partial charge in [0.15, 0.2) is 0 Å². The van der Waals surface area contributed by atoms with Crippen molar-refractivity contribution < 1.29 is 13.2 Å². The number of rotatable bonds is 7. The van der Waals surface area contributed by atoms with Crippen LogP contribution in [0.2, 0.25) is 4.34 Å². The number of sulfonamides is 1. The van der Waals surface area contributed by atoms with E-state index in [0.29, 0.717) is 17.4 Å². The maximum Gasteiger partial charge on any atom is 0.250 e. The zero-order valence-corrected chi connectivity index (χ0v) is 14.9. The van der Waals surface area contributed by atoms with Gasteiger partial charge in [0.1, 0.15) is 4.21 Å². The third-order valence-electron chi connectivity index (χ3n) is 3.15. The lowest BCUT2D eigenvalue weighted by atomic mass is 10.2. The number of thiophene rings is 1. The molecule has 1 aromatic carbocycles. The van der Waals surface area contributed by atoms with Gasteiger partial charge in [-0.15, -0.1) is 11.3 Å². The highest BCUT2D eigenvalue weighted by atomic mass is 35.5. The molecule has 0 fully saturated rings. The molecule has 0 saturated heterocycles. The second-order valence-electron chi connectivity index (χ2n) is 4.88. The van der Waals surface area contributed by atoms with E-state index in [9.17, 15) is 13.2 Å². The highest BCUT2D eigenvalue weighted by molar-refractivity contribution is 7.91. The van der Waals surface area contributed by atoms with Crippen molar-refractivity contribution in [2.24, 2.45) is 0 Å². The average molecular weight is 373 g/mol. The lowest BCUT2D eigenvalue weighted by molar-refractivity contribution is -0.129. The molecule has 5 nitrogen and oxygen atoms in total. The molecular weight excluding hydrogens is 356 g/mol. The Morgan fingerprint density at radius 2 is 1.91 bits per heavy atom. The van der Waals surface area contributed by atoms with E-state index >= 15 is 0 Å². The summed E-state index contributed by atoms with van der Waals surface area (Å²) in [6, 6.07) is 12.6. The zero-order chi connectivity index (χ0) is 16.9. The van der Waals surface area contributed by atoms with Crippen molar-refractivity contribution in [2.75, 3.05) is 13.1 Å². The lowest BCUT2D eigenvalue weighted by Crippen LogP contribution is -2.36. The van der Waals surface area contributed by atoms with Crippen molar-refractivity contribution >= 4 is 38.9 Å². The van der Waals surface area contributed by atoms with Crippen LogP contribution in [0.5, 0.6) is 0 Å². The summed E-state index contributed by atoms with van der Waals surface area (Å²) in [5.74, 6) is -0.104. The fraction of sp³-hybridized carbons (Fsp3) is 0.267. The van der Waals surface area contributed by atoms with E-state index in [1.54, 1.807) is 4.90 Å². The normalized spacial score (nSPS) is 11.4. The number of carbonyl (C=O) groups excluding carboxylic acids is 1. The van der Waals surface area contributed by atoms with Crippen LogP contribution >= 0.6 is 22.9 Å². The first-order chi connectivity index (χ1) is 10.9. The van der Waals surface area contributed by atoms with Crippen LogP contribution in [0.4, 0.5) is 0 Å². The Bertz CT molecular complexity index is 760. The topological polar surface area (TPSA) is 66.5 Å². The van der Waals surface area contributed by atoms with Gasteiger partial charge in [0.05, 0.1) is 4.34 Å². The predicted molar refractivity (Wildman–Crippen MR) is 92.1 cm³/mol. The molecule has 1 amide bonds. The molecule has 8 heteroatoms. The second kappa shape index (κ2) is 7.92. The summed E-state index contributed by atoms with van der Waals surface area (Å²) < 4.78 is 27.3. The fourth-order valence-corrected chi connectivity index (χ4v) is 4.53. The summed E-state index contributed by atoms with van der Waals surface area (Å²) in [5, 5.41) is 0. The van der Waals surface area contributed by atoms with Gasteiger partial charge in [-0.25, -0.2) is 13.1 Å². The minimum Gasteiger partial charge on any atom is -0.337 e. The van der Waals surface area contributed by atoms with Crippen LogP contribution in [0.1, 0.15) is 12.5 Å². The van der Waals surface area contributed by atoms with E-state index in [1.807, 2.05) is 30.3 Å². The van der Waals surface area contributed by atoms with E-state index in [4.69, 9.17) is 11.6 Å². The third-order valence-corrected chi connectivity index (χ3v) is 6.33. The van der Waals surface area contributed by atoms with Crippen LogP contribution in [-0.4, -0.2) is 32.3 Å². The van der Waals surface area contributed by atoms with Crippen LogP contribution in [0, 0.1) is 0 Å². The largest absolute Gasteiger partial charge is 0.337 e. The molecule has 1 aromatic heterocycles. The number of hydrogen-bond donors (Lipinski definition) is 1. The fourth-order valence-electron chi connectivity index (χ4n) is 1.98. The van der Waals surface area contributed by atoms with E-state index in [-0.39, 0.29) is 16.7 Å². The van der Waals surface area contributed by atoms with Crippen molar-refractivity contribution in [3.8, 4) is 0 Å². The Balaban J connectivity index is 1.93. The van der Waals surface area contributed by atoms with Crippen LogP contribution in [0.15, 0.2) is 46.7 Å². The van der Waals surface area contributed by atoms with Crippen molar-refractivity contribution in [3.63, 3.8) is 0 Å². The summed E-state index contributed by atoms with van der Waals surface area (Å²) in [6.07, 6.45) is 0. The van der Waals surface area contributed by atoms with Gasteiger partial charge < -0.3 is 4.90 Å². The van der Waals surface area contributed by atoms with E-state index in [2.05, 4.69) is 4.72 Å². The standard InChI is InChI=1S/C15H17ClN2O3S2/c1-12(19)18(11-13-5-3-2-4-6-13)10-9-17-23(20,21)15-8-7-14(16)22-15/h2-8,17H,9-11H2,1H3. The van der Waals surface area contributed by atoms with Crippen molar-refractivity contribution in [3.05, 3.63) is 52.4 Å². The van der Waals surface area contributed by atoms with Gasteiger partial charge in [-0.05, 0) is 17.7 Å². The molecule has 0 saturated carbocycles. The van der Waals surface area contributed by atoms with E-state index in [0.717, 1.165) is 16.9 Å². The first kappa shape index (κ1) is 17.9. The number of benzene rings is 1. The quantitative estimate of drug-likeness (QED) is 0.812. The van der Waals surface area contributed by atoms with E-state index in [1.165, 1.54) is 19.1 Å². The lowest BCUT2D eigenvalue weighted by Gasteiger charge is -2.21. The zero-order valence-electron chi connectivity index (χ0n) is 12.5. The van der Waals surface area contributed by atoms with Crippen molar-refractivity contribution in [1.82, 2.24) is 9.62 Å². The summed E-state index contributed by atoms with van der Waals surface area (Å²) >= 11 is 6.75. The second-order valence-corrected chi connectivity index (χ2v) is 8.59. The minimum absolute atomic E-state index is 0.104. The Kier molecular flexibility index (Phi) is 6.17. The molecule has 0 atom stereocenters. The summed E-state index contributed by atoms with van der Waals surface area (Å²) in [6.45, 7) is 2.35. The molecule has 0 unspecified atom stereocenters. The molecule has 0 spiro atoms. The van der Waals surface area contributed by atoms with Gasteiger partial charge >= 0.3 is 0 Å². The number of nitrogens with one attached hydrogen (secondary N) is 1. The Hall–Kier alpha value is -1.41. The molecule has 0 aliphatic heterocycles. The Labute approximate surface area is 144 Å². The van der Waals surface area contributed by atoms with Crippen LogP contribution in [-0.2, 0) is 21.4 Å². The van der Waals surface area contributed by atoms with Crippen LogP contribution < -0.4 is 4.72 Å². The molecule has 1 heterocycles. The molecule has 2 rings (SSSR count). The molecule has 1 N–H and O–H groups in total. The number of nitrogens with zero attached hydrogens (tertiary/aromatic N) is 1. The SMILES string of the molecule is CC(=O)N(CCNS(=O)(=O)c1ccc(Cl)s1)Cc1ccccc1. The molecule has 0 aliphatic rings. The first-order valence-corrected chi connectivity index (χ1v) is 9.61. The van der Waals surface area contributed by atoms with Gasteiger partial charge in [-0.1, -0.05) is 41.9 Å². The van der Waals surface area contributed by atoms with Gasteiger partial charge in [-0.3, -0.25) is 4.79 Å². The number of halogens is 1. The third kappa shape index (κ3) is 5.31. The maximum absolute atomic E-state index is 12.1. The average Bonchev–Trinajstić information content (AvgIpc) is 2.94. The molecule has 0 aliphatic carbocycles. The predicted octanol–water partition coefficient (Wildman–Crippen LogP) is 2.73. The van der Waals surface area contributed by atoms with Crippen LogP contribution in [0.25, 0.3) is 0 Å². The van der Waals surface area contributed by atoms with Gasteiger partial charge in [0.25, 0.3) is 0 Å². The summed E-state index contributed by atoms with van der Waals surface area (Å²) in [7, 11) is -3.59. The molecule has 0 radical (unpaired) electrons. The molecule has 124 valence electrons. The minimum atomic E-state index is -3.59. The van der Waals surface area contributed by atoms with Gasteiger partial charge in [-0.2, -0.15) is 0 Å². The number of carbonyl (C=O) groups is 1. The van der Waals surface area contributed by atoms with Gasteiger partial charge in [0, 0.05) is 26.6 Å². The molecule has 23 heavy (non-hydrogen) atoms. The summed E-state index contributed by atoms with van der Waals surface area (Å²) in [5.41, 5.74) is 0.996. The highest BCUT2D eigenvalue weighted by Crippen LogP contribution is 2.25. The highest BCUT2D eigenvalue weighted by Gasteiger charge is 2.17. The molecule has 2 aromatic rings. The monoisotopic (exact) mass is 372 g/mol. The number of amides is 1. The van der Waals surface area contributed by atoms with Crippen LogP contribution in [0.3, 0.4) is 0 Å². The number of hydrogen-bond acceptors (Lipinski definition) is 4. The van der Waals surface area contributed by atoms with Crippen molar-refractivity contribution in [1.29, 1.82) is 0 Å². The Morgan fingerprint density at radius 1 is 1.22 bits per heavy atom. The van der Waals surface area contributed by atoms with Crippen molar-refractivity contribution in [2.45, 2.75) is 17.7 Å². The molecule has 0 bridgehead atoms. The summed E-state index contributed by atoms with van der Waals surface area (Å²) in [4.78, 5) is 13.3. The van der Waals surface area contributed by atoms with E-state index < -0.39 is 10.0 Å².